The number of piperidine rings is 1. The van der Waals surface area contributed by atoms with Gasteiger partial charge in [0.1, 0.15) is 0 Å². The second-order valence-electron chi connectivity index (χ2n) is 9.07. The molecule has 3 aliphatic heterocycles. The third kappa shape index (κ3) is 5.33. The van der Waals surface area contributed by atoms with Crippen LogP contribution in [0.15, 0.2) is 36.5 Å². The summed E-state index contributed by atoms with van der Waals surface area (Å²) in [6, 6.07) is 10.4. The van der Waals surface area contributed by atoms with E-state index in [1.165, 1.54) is 25.9 Å². The van der Waals surface area contributed by atoms with Crippen LogP contribution in [0, 0.1) is 0 Å². The summed E-state index contributed by atoms with van der Waals surface area (Å²) in [5, 5.41) is 8.14. The van der Waals surface area contributed by atoms with Gasteiger partial charge >= 0.3 is 12.1 Å². The fourth-order valence-electron chi connectivity index (χ4n) is 5.07. The van der Waals surface area contributed by atoms with Crippen LogP contribution in [0.3, 0.4) is 0 Å². The molecule has 1 spiro atoms. The van der Waals surface area contributed by atoms with Gasteiger partial charge in [-0.05, 0) is 57.3 Å². The van der Waals surface area contributed by atoms with E-state index < -0.39 is 12.1 Å². The summed E-state index contributed by atoms with van der Waals surface area (Å²) in [7, 11) is 0. The highest BCUT2D eigenvalue weighted by molar-refractivity contribution is 6.05. The Hall–Kier alpha value is -2.72. The number of carboxylic acid groups (broad SMARTS) is 1. The van der Waals surface area contributed by atoms with Gasteiger partial charge in [-0.3, -0.25) is 14.7 Å². The van der Waals surface area contributed by atoms with Crippen molar-refractivity contribution in [2.24, 2.45) is 0 Å². The van der Waals surface area contributed by atoms with E-state index in [0.717, 1.165) is 49.9 Å². The lowest BCUT2D eigenvalue weighted by molar-refractivity contribution is -0.192. The third-order valence-electron chi connectivity index (χ3n) is 6.91. The number of alkyl halides is 3. The molecule has 1 aromatic heterocycles. The van der Waals surface area contributed by atoms with Crippen LogP contribution in [0.5, 0.6) is 0 Å². The summed E-state index contributed by atoms with van der Waals surface area (Å²) in [6.45, 7) is 4.86. The zero-order chi connectivity index (χ0) is 24.3. The van der Waals surface area contributed by atoms with Gasteiger partial charge in [0.2, 0.25) is 0 Å². The molecule has 0 saturated carbocycles. The summed E-state index contributed by atoms with van der Waals surface area (Å²) < 4.78 is 38.1. The van der Waals surface area contributed by atoms with E-state index in [-0.39, 0.29) is 11.5 Å². The molecule has 184 valence electrons. The smallest absolute Gasteiger partial charge is 0.475 e. The number of fused-ring (bicyclic) bond motifs is 1. The molecule has 5 rings (SSSR count). The number of amides is 1. The summed E-state index contributed by atoms with van der Waals surface area (Å²) in [4.78, 5) is 31.1. The number of hydrogen-bond acceptors (Lipinski definition) is 5. The highest BCUT2D eigenvalue weighted by Gasteiger charge is 2.45. The number of carboxylic acids is 1. The summed E-state index contributed by atoms with van der Waals surface area (Å²) in [5.41, 5.74) is 1.50. The quantitative estimate of drug-likeness (QED) is 0.707. The normalized spacial score (nSPS) is 22.6. The lowest BCUT2D eigenvalue weighted by Crippen LogP contribution is -2.47. The van der Waals surface area contributed by atoms with Crippen molar-refractivity contribution in [3.8, 4) is 0 Å². The third-order valence-corrected chi connectivity index (χ3v) is 6.91. The largest absolute Gasteiger partial charge is 0.490 e. The number of rotatable bonds is 2. The molecule has 7 nitrogen and oxygen atoms in total. The van der Waals surface area contributed by atoms with Gasteiger partial charge < -0.3 is 14.7 Å². The van der Waals surface area contributed by atoms with Gasteiger partial charge in [-0.25, -0.2) is 4.79 Å². The Morgan fingerprint density at radius 1 is 1.06 bits per heavy atom. The average molecular weight is 479 g/mol. The maximum atomic E-state index is 13.1. The second kappa shape index (κ2) is 9.87. The van der Waals surface area contributed by atoms with E-state index in [2.05, 4.69) is 9.88 Å². The van der Waals surface area contributed by atoms with Crippen LogP contribution >= 0.6 is 0 Å². The van der Waals surface area contributed by atoms with Crippen molar-refractivity contribution < 1.29 is 32.6 Å². The number of carbonyl (C=O) groups excluding carboxylic acids is 1. The summed E-state index contributed by atoms with van der Waals surface area (Å²) >= 11 is 0. The summed E-state index contributed by atoms with van der Waals surface area (Å²) in [6.07, 6.45) is 2.35. The molecule has 0 aliphatic carbocycles. The van der Waals surface area contributed by atoms with Crippen LogP contribution in [-0.2, 0) is 9.53 Å². The lowest BCUT2D eigenvalue weighted by atomic mass is 9.87. The van der Waals surface area contributed by atoms with Gasteiger partial charge in [0.05, 0.1) is 23.3 Å². The first-order valence-corrected chi connectivity index (χ1v) is 11.5. The minimum Gasteiger partial charge on any atom is -0.475 e. The lowest BCUT2D eigenvalue weighted by Gasteiger charge is -2.39. The van der Waals surface area contributed by atoms with E-state index >= 15 is 0 Å². The number of hydrogen-bond donors (Lipinski definition) is 1. The first-order valence-electron chi connectivity index (χ1n) is 11.5. The topological polar surface area (TPSA) is 83.0 Å². The SMILES string of the molecule is O=C(O)C(F)(F)F.O=C(c1cccc2cccnc12)N1CCC2(CC1)CC(N1CCCC1)CO2. The Labute approximate surface area is 195 Å². The highest BCUT2D eigenvalue weighted by Crippen LogP contribution is 2.38. The molecule has 2 aromatic rings. The van der Waals surface area contributed by atoms with Gasteiger partial charge in [0.15, 0.2) is 0 Å². The molecule has 10 heteroatoms. The predicted molar refractivity (Wildman–Crippen MR) is 118 cm³/mol. The molecule has 3 saturated heterocycles. The van der Waals surface area contributed by atoms with Crippen molar-refractivity contribution in [3.05, 3.63) is 42.1 Å². The van der Waals surface area contributed by atoms with Gasteiger partial charge in [-0.15, -0.1) is 0 Å². The molecule has 1 amide bonds. The Morgan fingerprint density at radius 3 is 2.35 bits per heavy atom. The zero-order valence-electron chi connectivity index (χ0n) is 18.8. The van der Waals surface area contributed by atoms with Crippen LogP contribution in [0.4, 0.5) is 13.2 Å². The number of ether oxygens (including phenoxy) is 1. The minimum atomic E-state index is -5.08. The molecule has 34 heavy (non-hydrogen) atoms. The molecule has 1 atom stereocenters. The van der Waals surface area contributed by atoms with Gasteiger partial charge in [0.25, 0.3) is 5.91 Å². The maximum Gasteiger partial charge on any atom is 0.490 e. The van der Waals surface area contributed by atoms with E-state index in [9.17, 15) is 18.0 Å². The Morgan fingerprint density at radius 2 is 1.71 bits per heavy atom. The van der Waals surface area contributed by atoms with E-state index in [1.54, 1.807) is 6.20 Å². The molecule has 1 unspecified atom stereocenters. The number of aliphatic carboxylic acids is 1. The fraction of sp³-hybridized carbons (Fsp3) is 0.542. The van der Waals surface area contributed by atoms with Crippen LogP contribution < -0.4 is 0 Å². The molecular weight excluding hydrogens is 451 g/mol. The van der Waals surface area contributed by atoms with E-state index in [0.29, 0.717) is 11.6 Å². The van der Waals surface area contributed by atoms with Gasteiger partial charge in [0, 0.05) is 30.7 Å². The van der Waals surface area contributed by atoms with Crippen molar-refractivity contribution in [2.75, 3.05) is 32.8 Å². The van der Waals surface area contributed by atoms with Crippen molar-refractivity contribution in [3.63, 3.8) is 0 Å². The number of likely N-dealkylation sites (tertiary alicyclic amines) is 2. The molecule has 3 aliphatic rings. The molecule has 4 heterocycles. The number of nitrogens with zero attached hydrogens (tertiary/aromatic N) is 3. The molecule has 1 aromatic carbocycles. The molecule has 0 radical (unpaired) electrons. The molecule has 1 N–H and O–H groups in total. The molecular formula is C24H28F3N3O4. The fourth-order valence-corrected chi connectivity index (χ4v) is 5.07. The Kier molecular flexibility index (Phi) is 7.09. The number of carbonyl (C=O) groups is 2. The Bertz CT molecular complexity index is 1030. The number of benzene rings is 1. The second-order valence-corrected chi connectivity index (χ2v) is 9.07. The standard InChI is InChI=1S/C22H27N3O2.C2HF3O2/c26-21(19-7-3-5-17-6-4-10-23-20(17)19)25-13-8-22(9-14-25)15-18(16-27-22)24-11-1-2-12-24;3-2(4,5)1(6)7/h3-7,10,18H,1-2,8-9,11-16H2;(H,6,7). The number of pyridine rings is 1. The van der Waals surface area contributed by atoms with Gasteiger partial charge in [-0.1, -0.05) is 18.2 Å². The molecule has 3 fully saturated rings. The van der Waals surface area contributed by atoms with Gasteiger partial charge in [-0.2, -0.15) is 13.2 Å². The first-order chi connectivity index (χ1) is 16.2. The maximum absolute atomic E-state index is 13.1. The predicted octanol–water partition coefficient (Wildman–Crippen LogP) is 3.73. The number of aromatic nitrogens is 1. The van der Waals surface area contributed by atoms with E-state index in [4.69, 9.17) is 14.6 Å². The van der Waals surface area contributed by atoms with E-state index in [1.807, 2.05) is 35.2 Å². The van der Waals surface area contributed by atoms with Crippen LogP contribution in [0.25, 0.3) is 10.9 Å². The molecule has 0 bridgehead atoms. The van der Waals surface area contributed by atoms with Crippen molar-refractivity contribution >= 4 is 22.8 Å². The van der Waals surface area contributed by atoms with Crippen molar-refractivity contribution in [1.29, 1.82) is 0 Å². The monoisotopic (exact) mass is 479 g/mol. The summed E-state index contributed by atoms with van der Waals surface area (Å²) in [5.74, 6) is -2.66. The first kappa shape index (κ1) is 24.4. The van der Waals surface area contributed by atoms with Crippen molar-refractivity contribution in [2.45, 2.75) is 49.9 Å². The average Bonchev–Trinajstić information content (AvgIpc) is 3.49. The number of para-hydroxylation sites is 1. The zero-order valence-corrected chi connectivity index (χ0v) is 18.8. The minimum absolute atomic E-state index is 0.0129. The number of halogens is 3. The van der Waals surface area contributed by atoms with Crippen LogP contribution in [0.1, 0.15) is 42.5 Å². The van der Waals surface area contributed by atoms with Crippen LogP contribution in [-0.4, -0.2) is 82.4 Å². The van der Waals surface area contributed by atoms with Crippen LogP contribution in [0.2, 0.25) is 0 Å². The Balaban J connectivity index is 0.000000344. The van der Waals surface area contributed by atoms with Crippen molar-refractivity contribution in [1.82, 2.24) is 14.8 Å². The highest BCUT2D eigenvalue weighted by atomic mass is 19.4.